The van der Waals surface area contributed by atoms with Crippen molar-refractivity contribution in [3.63, 3.8) is 0 Å². The van der Waals surface area contributed by atoms with Crippen LogP contribution in [0.4, 0.5) is 0 Å². The highest BCUT2D eigenvalue weighted by molar-refractivity contribution is 6.15. The highest BCUT2D eigenvalue weighted by Gasteiger charge is 2.27. The third-order valence-electron chi connectivity index (χ3n) is 5.36. The summed E-state index contributed by atoms with van der Waals surface area (Å²) in [4.78, 5) is 12.8. The Kier molecular flexibility index (Phi) is 4.13. The van der Waals surface area contributed by atoms with Crippen LogP contribution in [0.1, 0.15) is 29.8 Å². The summed E-state index contributed by atoms with van der Waals surface area (Å²) in [5.74, 6) is 1.50. The normalized spacial score (nSPS) is 14.6. The van der Waals surface area contributed by atoms with E-state index in [1.165, 1.54) is 21.8 Å². The zero-order chi connectivity index (χ0) is 20.0. The molecule has 1 aliphatic heterocycles. The fourth-order valence-corrected chi connectivity index (χ4v) is 4.08. The lowest BCUT2D eigenvalue weighted by molar-refractivity contribution is 0.101. The first-order valence-electron chi connectivity index (χ1n) is 9.91. The largest absolute Gasteiger partial charge is 0.494 e. The lowest BCUT2D eigenvalue weighted by Crippen LogP contribution is -1.98. The lowest BCUT2D eigenvalue weighted by Gasteiger charge is -2.04. The summed E-state index contributed by atoms with van der Waals surface area (Å²) in [6.07, 6.45) is 1.82. The molecule has 0 saturated carbocycles. The maximum absolute atomic E-state index is 12.8. The molecule has 4 heteroatoms. The molecular weight excluding hydrogens is 362 g/mol. The molecule has 0 N–H and O–H groups in total. The summed E-state index contributed by atoms with van der Waals surface area (Å²) in [7, 11) is 0. The summed E-state index contributed by atoms with van der Waals surface area (Å²) in [6, 6.07) is 20.0. The Hall–Kier alpha value is -3.53. The van der Waals surface area contributed by atoms with Crippen molar-refractivity contribution in [1.82, 2.24) is 4.57 Å². The Morgan fingerprint density at radius 1 is 0.966 bits per heavy atom. The molecule has 144 valence electrons. The van der Waals surface area contributed by atoms with Crippen molar-refractivity contribution in [2.75, 3.05) is 6.61 Å². The van der Waals surface area contributed by atoms with E-state index >= 15 is 0 Å². The molecule has 0 atom stereocenters. The van der Waals surface area contributed by atoms with Gasteiger partial charge in [-0.2, -0.15) is 0 Å². The summed E-state index contributed by atoms with van der Waals surface area (Å²) in [5, 5.41) is 2.39. The topological polar surface area (TPSA) is 40.5 Å². The Bertz CT molecular complexity index is 1300. The third-order valence-corrected chi connectivity index (χ3v) is 5.36. The molecule has 1 aliphatic rings. The number of nitrogens with zero attached hydrogens (tertiary/aromatic N) is 1. The second-order valence-electron chi connectivity index (χ2n) is 7.07. The van der Waals surface area contributed by atoms with Gasteiger partial charge in [0.25, 0.3) is 0 Å². The number of carbonyl (C=O) groups is 1. The number of aromatic nitrogens is 1. The monoisotopic (exact) mass is 383 g/mol. The molecule has 0 radical (unpaired) electrons. The number of rotatable bonds is 4. The van der Waals surface area contributed by atoms with Gasteiger partial charge in [0.2, 0.25) is 5.78 Å². The number of fused-ring (bicyclic) bond motifs is 4. The number of Topliss-reactive ketones (excluding diaryl/α,β-unsaturated/α-hetero) is 1. The summed E-state index contributed by atoms with van der Waals surface area (Å²) in [5.41, 5.74) is 3.93. The van der Waals surface area contributed by atoms with Crippen molar-refractivity contribution >= 4 is 33.7 Å². The van der Waals surface area contributed by atoms with Crippen LogP contribution < -0.4 is 9.47 Å². The van der Waals surface area contributed by atoms with E-state index in [1.807, 2.05) is 19.1 Å². The molecule has 0 unspecified atom stereocenters. The van der Waals surface area contributed by atoms with Gasteiger partial charge in [0, 0.05) is 34.4 Å². The average molecular weight is 383 g/mol. The van der Waals surface area contributed by atoms with Gasteiger partial charge in [0.05, 0.1) is 12.2 Å². The minimum absolute atomic E-state index is 0.0980. The van der Waals surface area contributed by atoms with Crippen molar-refractivity contribution in [3.05, 3.63) is 77.5 Å². The van der Waals surface area contributed by atoms with Crippen LogP contribution in [0.2, 0.25) is 0 Å². The van der Waals surface area contributed by atoms with Gasteiger partial charge in [-0.05, 0) is 55.8 Å². The van der Waals surface area contributed by atoms with Gasteiger partial charge >= 0.3 is 0 Å². The standard InChI is InChI=1S/C25H21NO3/c1-3-26-21-8-6-5-7-18(21)20-13-16(9-12-22(20)26)14-24-25(27)19-11-10-17(28-4-2)15-23(19)29-24/h5-15H,3-4H2,1-2H3/b24-14-. The first-order valence-corrected chi connectivity index (χ1v) is 9.91. The fourth-order valence-electron chi connectivity index (χ4n) is 4.08. The third kappa shape index (κ3) is 2.80. The van der Waals surface area contributed by atoms with Crippen LogP contribution in [0, 0.1) is 0 Å². The second-order valence-corrected chi connectivity index (χ2v) is 7.07. The molecule has 2 heterocycles. The molecular formula is C25H21NO3. The molecule has 4 aromatic rings. The van der Waals surface area contributed by atoms with Crippen molar-refractivity contribution < 1.29 is 14.3 Å². The van der Waals surface area contributed by atoms with Crippen molar-refractivity contribution in [3.8, 4) is 11.5 Å². The number of para-hydroxylation sites is 1. The van der Waals surface area contributed by atoms with Crippen LogP contribution in [0.25, 0.3) is 27.9 Å². The molecule has 3 aromatic carbocycles. The SMILES string of the molecule is CCOc1ccc2c(c1)O/C(=C\c1ccc3c(c1)c1ccccc1n3CC)C2=O. The maximum atomic E-state index is 12.8. The number of benzene rings is 3. The van der Waals surface area contributed by atoms with Crippen LogP contribution in [0.15, 0.2) is 66.4 Å². The zero-order valence-electron chi connectivity index (χ0n) is 16.4. The van der Waals surface area contributed by atoms with Gasteiger partial charge in [0.1, 0.15) is 11.5 Å². The van der Waals surface area contributed by atoms with Crippen LogP contribution in [-0.2, 0) is 6.54 Å². The van der Waals surface area contributed by atoms with E-state index in [-0.39, 0.29) is 5.78 Å². The second kappa shape index (κ2) is 6.82. The molecule has 0 aliphatic carbocycles. The smallest absolute Gasteiger partial charge is 0.231 e. The summed E-state index contributed by atoms with van der Waals surface area (Å²) in [6.45, 7) is 5.56. The van der Waals surface area contributed by atoms with Gasteiger partial charge in [-0.3, -0.25) is 4.79 Å². The number of hydrogen-bond donors (Lipinski definition) is 0. The van der Waals surface area contributed by atoms with Gasteiger partial charge in [-0.15, -0.1) is 0 Å². The van der Waals surface area contributed by atoms with E-state index in [4.69, 9.17) is 9.47 Å². The van der Waals surface area contributed by atoms with Gasteiger partial charge in [-0.25, -0.2) is 0 Å². The Balaban J connectivity index is 1.57. The van der Waals surface area contributed by atoms with Crippen molar-refractivity contribution in [2.45, 2.75) is 20.4 Å². The van der Waals surface area contributed by atoms with Crippen LogP contribution in [-0.4, -0.2) is 17.0 Å². The Morgan fingerprint density at radius 3 is 2.62 bits per heavy atom. The van der Waals surface area contributed by atoms with Crippen LogP contribution in [0.3, 0.4) is 0 Å². The van der Waals surface area contributed by atoms with Crippen LogP contribution >= 0.6 is 0 Å². The number of aryl methyl sites for hydroxylation is 1. The number of hydrogen-bond acceptors (Lipinski definition) is 3. The molecule has 29 heavy (non-hydrogen) atoms. The maximum Gasteiger partial charge on any atom is 0.231 e. The predicted molar refractivity (Wildman–Crippen MR) is 116 cm³/mol. The number of ether oxygens (including phenoxy) is 2. The molecule has 1 aromatic heterocycles. The van der Waals surface area contributed by atoms with Gasteiger partial charge < -0.3 is 14.0 Å². The Labute approximate surface area is 169 Å². The van der Waals surface area contributed by atoms with Crippen molar-refractivity contribution in [1.29, 1.82) is 0 Å². The van der Waals surface area contributed by atoms with Gasteiger partial charge in [0.15, 0.2) is 5.76 Å². The number of ketones is 1. The number of allylic oxidation sites excluding steroid dienone is 1. The quantitative estimate of drug-likeness (QED) is 0.416. The van der Waals surface area contributed by atoms with E-state index in [2.05, 4.69) is 47.9 Å². The molecule has 5 rings (SSSR count). The highest BCUT2D eigenvalue weighted by atomic mass is 16.5. The van der Waals surface area contributed by atoms with E-state index in [0.29, 0.717) is 29.4 Å². The molecule has 0 spiro atoms. The minimum Gasteiger partial charge on any atom is -0.494 e. The van der Waals surface area contributed by atoms with E-state index in [0.717, 1.165) is 12.1 Å². The lowest BCUT2D eigenvalue weighted by atomic mass is 10.1. The highest BCUT2D eigenvalue weighted by Crippen LogP contribution is 2.36. The molecule has 0 bridgehead atoms. The molecule has 0 saturated heterocycles. The van der Waals surface area contributed by atoms with E-state index in [1.54, 1.807) is 18.2 Å². The summed E-state index contributed by atoms with van der Waals surface area (Å²) >= 11 is 0. The van der Waals surface area contributed by atoms with Crippen molar-refractivity contribution in [2.24, 2.45) is 0 Å². The predicted octanol–water partition coefficient (Wildman–Crippen LogP) is 5.83. The first-order chi connectivity index (χ1) is 14.2. The Morgan fingerprint density at radius 2 is 1.79 bits per heavy atom. The molecule has 0 fully saturated rings. The summed E-state index contributed by atoms with van der Waals surface area (Å²) < 4.78 is 13.7. The van der Waals surface area contributed by atoms with Gasteiger partial charge in [-0.1, -0.05) is 24.3 Å². The first kappa shape index (κ1) is 17.6. The molecule has 4 nitrogen and oxygen atoms in total. The fraction of sp³-hybridized carbons (Fsp3) is 0.160. The van der Waals surface area contributed by atoms with E-state index < -0.39 is 0 Å². The number of carbonyl (C=O) groups excluding carboxylic acids is 1. The molecule has 0 amide bonds. The van der Waals surface area contributed by atoms with E-state index in [9.17, 15) is 4.79 Å². The minimum atomic E-state index is -0.0980. The average Bonchev–Trinajstić information content (AvgIpc) is 3.22. The zero-order valence-corrected chi connectivity index (χ0v) is 16.4. The van der Waals surface area contributed by atoms with Crippen LogP contribution in [0.5, 0.6) is 11.5 Å².